The fourth-order valence-corrected chi connectivity index (χ4v) is 1.32. The van der Waals surface area contributed by atoms with Crippen LogP contribution in [0.15, 0.2) is 10.2 Å². The predicted molar refractivity (Wildman–Crippen MR) is 57.0 cm³/mol. The molecule has 0 unspecified atom stereocenters. The normalized spacial score (nSPS) is 16.9. The standard InChI is InChI=1S/C9H15N3S/c1-2-3-4-9(11-12-9)5-6-10-7-8-13/h1,10,13H,3-8H2. The summed E-state index contributed by atoms with van der Waals surface area (Å²) in [5, 5.41) is 11.3. The SMILES string of the molecule is C#CCCC1(CCNCCS)N=N1. The van der Waals surface area contributed by atoms with Crippen LogP contribution in [0.2, 0.25) is 0 Å². The second-order valence-electron chi connectivity index (χ2n) is 3.11. The molecule has 4 heteroatoms. The molecule has 0 aliphatic carbocycles. The van der Waals surface area contributed by atoms with Gasteiger partial charge in [-0.05, 0) is 6.54 Å². The maximum absolute atomic E-state index is 5.18. The van der Waals surface area contributed by atoms with Crippen molar-refractivity contribution < 1.29 is 0 Å². The summed E-state index contributed by atoms with van der Waals surface area (Å²) >= 11 is 4.10. The van der Waals surface area contributed by atoms with Crippen molar-refractivity contribution in [2.75, 3.05) is 18.8 Å². The third-order valence-corrected chi connectivity index (χ3v) is 2.27. The quantitative estimate of drug-likeness (QED) is 0.362. The lowest BCUT2D eigenvalue weighted by atomic mass is 10.0. The van der Waals surface area contributed by atoms with E-state index in [0.717, 1.165) is 38.1 Å². The first-order chi connectivity index (χ1) is 6.33. The average molecular weight is 197 g/mol. The molecule has 1 heterocycles. The molecule has 72 valence electrons. The molecule has 0 aromatic rings. The number of nitrogens with zero attached hydrogens (tertiary/aromatic N) is 2. The third kappa shape index (κ3) is 3.79. The van der Waals surface area contributed by atoms with Gasteiger partial charge in [-0.25, -0.2) is 0 Å². The Labute approximate surface area is 84.8 Å². The van der Waals surface area contributed by atoms with Crippen molar-refractivity contribution in [3.63, 3.8) is 0 Å². The van der Waals surface area contributed by atoms with Crippen molar-refractivity contribution in [1.29, 1.82) is 0 Å². The largest absolute Gasteiger partial charge is 0.316 e. The Kier molecular flexibility index (Phi) is 4.26. The minimum Gasteiger partial charge on any atom is -0.316 e. The molecule has 0 spiro atoms. The highest BCUT2D eigenvalue weighted by atomic mass is 32.1. The van der Waals surface area contributed by atoms with Crippen molar-refractivity contribution in [2.45, 2.75) is 24.9 Å². The van der Waals surface area contributed by atoms with Crippen LogP contribution in [0.1, 0.15) is 19.3 Å². The van der Waals surface area contributed by atoms with Crippen molar-refractivity contribution in [1.82, 2.24) is 5.32 Å². The maximum atomic E-state index is 5.18. The van der Waals surface area contributed by atoms with E-state index in [1.54, 1.807) is 0 Å². The smallest absolute Gasteiger partial charge is 0.193 e. The highest BCUT2D eigenvalue weighted by Crippen LogP contribution is 2.35. The third-order valence-electron chi connectivity index (χ3n) is 2.04. The lowest BCUT2D eigenvalue weighted by Crippen LogP contribution is -2.23. The fourth-order valence-electron chi connectivity index (χ4n) is 1.16. The number of nitrogens with one attached hydrogen (secondary N) is 1. The van der Waals surface area contributed by atoms with E-state index in [-0.39, 0.29) is 5.66 Å². The average Bonchev–Trinajstić information content (AvgIpc) is 2.91. The van der Waals surface area contributed by atoms with Gasteiger partial charge in [-0.2, -0.15) is 22.9 Å². The molecule has 0 saturated carbocycles. The molecule has 0 saturated heterocycles. The first-order valence-corrected chi connectivity index (χ1v) is 5.15. The second-order valence-corrected chi connectivity index (χ2v) is 3.56. The van der Waals surface area contributed by atoms with Crippen LogP contribution in [0.25, 0.3) is 0 Å². The highest BCUT2D eigenvalue weighted by molar-refractivity contribution is 7.80. The van der Waals surface area contributed by atoms with Crippen LogP contribution in [0, 0.1) is 12.3 Å². The highest BCUT2D eigenvalue weighted by Gasteiger charge is 2.38. The van der Waals surface area contributed by atoms with Crippen LogP contribution < -0.4 is 5.32 Å². The lowest BCUT2D eigenvalue weighted by molar-refractivity contribution is 0.493. The van der Waals surface area contributed by atoms with E-state index in [4.69, 9.17) is 6.42 Å². The first-order valence-electron chi connectivity index (χ1n) is 4.52. The minimum absolute atomic E-state index is 0.129. The molecule has 0 amide bonds. The molecule has 1 N–H and O–H groups in total. The Morgan fingerprint density at radius 1 is 1.31 bits per heavy atom. The monoisotopic (exact) mass is 197 g/mol. The second kappa shape index (κ2) is 5.25. The maximum Gasteiger partial charge on any atom is 0.193 e. The Hall–Kier alpha value is -0.530. The van der Waals surface area contributed by atoms with E-state index in [0.29, 0.717) is 0 Å². The van der Waals surface area contributed by atoms with Gasteiger partial charge >= 0.3 is 0 Å². The van der Waals surface area contributed by atoms with E-state index in [1.165, 1.54) is 0 Å². The van der Waals surface area contributed by atoms with Gasteiger partial charge in [0.25, 0.3) is 0 Å². The van der Waals surface area contributed by atoms with Gasteiger partial charge in [-0.1, -0.05) is 0 Å². The van der Waals surface area contributed by atoms with Crippen LogP contribution in [0.3, 0.4) is 0 Å². The van der Waals surface area contributed by atoms with Crippen molar-refractivity contribution in [3.8, 4) is 12.3 Å². The summed E-state index contributed by atoms with van der Waals surface area (Å²) in [7, 11) is 0. The Morgan fingerprint density at radius 2 is 2.08 bits per heavy atom. The summed E-state index contributed by atoms with van der Waals surface area (Å²) in [6, 6.07) is 0. The first kappa shape index (κ1) is 10.6. The Bertz CT molecular complexity index is 213. The van der Waals surface area contributed by atoms with E-state index >= 15 is 0 Å². The summed E-state index contributed by atoms with van der Waals surface area (Å²) in [5.41, 5.74) is -0.129. The van der Waals surface area contributed by atoms with Gasteiger partial charge in [0.05, 0.1) is 0 Å². The summed E-state index contributed by atoms with van der Waals surface area (Å²) in [4.78, 5) is 0. The molecule has 1 rings (SSSR count). The van der Waals surface area contributed by atoms with Gasteiger partial charge in [-0.3, -0.25) is 0 Å². The summed E-state index contributed by atoms with van der Waals surface area (Å²) in [6.45, 7) is 1.88. The van der Waals surface area contributed by atoms with Crippen molar-refractivity contribution >= 4 is 12.6 Å². The van der Waals surface area contributed by atoms with E-state index in [2.05, 4.69) is 34.1 Å². The van der Waals surface area contributed by atoms with E-state index < -0.39 is 0 Å². The van der Waals surface area contributed by atoms with Crippen LogP contribution in [-0.2, 0) is 0 Å². The van der Waals surface area contributed by atoms with Crippen LogP contribution in [-0.4, -0.2) is 24.5 Å². The summed E-state index contributed by atoms with van der Waals surface area (Å²) in [5.74, 6) is 3.48. The molecule has 0 radical (unpaired) electrons. The molecule has 13 heavy (non-hydrogen) atoms. The zero-order valence-corrected chi connectivity index (χ0v) is 8.56. The van der Waals surface area contributed by atoms with Crippen LogP contribution in [0.5, 0.6) is 0 Å². The topological polar surface area (TPSA) is 36.8 Å². The van der Waals surface area contributed by atoms with Crippen LogP contribution in [0.4, 0.5) is 0 Å². The van der Waals surface area contributed by atoms with Gasteiger partial charge in [0.15, 0.2) is 5.66 Å². The zero-order chi connectivity index (χ0) is 9.57. The van der Waals surface area contributed by atoms with Gasteiger partial charge in [0, 0.05) is 31.6 Å². The van der Waals surface area contributed by atoms with Crippen LogP contribution >= 0.6 is 12.6 Å². The Morgan fingerprint density at radius 3 is 2.62 bits per heavy atom. The van der Waals surface area contributed by atoms with Gasteiger partial charge in [0.2, 0.25) is 0 Å². The molecule has 0 aromatic carbocycles. The Balaban J connectivity index is 2.03. The number of hydrogen-bond donors (Lipinski definition) is 2. The molecule has 0 atom stereocenters. The summed E-state index contributed by atoms with van der Waals surface area (Å²) in [6.07, 6.45) is 7.80. The minimum atomic E-state index is -0.129. The molecular weight excluding hydrogens is 182 g/mol. The summed E-state index contributed by atoms with van der Waals surface area (Å²) < 4.78 is 0. The number of hydrogen-bond acceptors (Lipinski definition) is 4. The zero-order valence-electron chi connectivity index (χ0n) is 7.66. The van der Waals surface area contributed by atoms with Crippen molar-refractivity contribution in [3.05, 3.63) is 0 Å². The molecule has 1 aliphatic rings. The van der Waals surface area contributed by atoms with Gasteiger partial charge in [0.1, 0.15) is 0 Å². The van der Waals surface area contributed by atoms with Crippen molar-refractivity contribution in [2.24, 2.45) is 10.2 Å². The van der Waals surface area contributed by atoms with Gasteiger partial charge < -0.3 is 5.32 Å². The molecule has 0 fully saturated rings. The number of thiol groups is 1. The molecule has 1 aliphatic heterocycles. The molecule has 3 nitrogen and oxygen atoms in total. The predicted octanol–water partition coefficient (Wildman–Crippen LogP) is 1.47. The fraction of sp³-hybridized carbons (Fsp3) is 0.778. The lowest BCUT2D eigenvalue weighted by Gasteiger charge is -2.08. The molecule has 0 aromatic heterocycles. The van der Waals surface area contributed by atoms with Gasteiger partial charge in [-0.15, -0.1) is 12.3 Å². The molecule has 0 bridgehead atoms. The molecular formula is C9H15N3S. The number of terminal acetylenes is 1. The van der Waals surface area contributed by atoms with E-state index in [9.17, 15) is 0 Å². The number of rotatable bonds is 7. The van der Waals surface area contributed by atoms with E-state index in [1.807, 2.05) is 0 Å².